The fraction of sp³-hybridized carbons (Fsp3) is 0.500. The molecule has 0 bridgehead atoms. The number of nitrogens with zero attached hydrogens (tertiary/aromatic N) is 1. The molecule has 5 heteroatoms. The van der Waals surface area contributed by atoms with Crippen LogP contribution < -0.4 is 0 Å². The number of likely N-dealkylation sites (N-methyl/N-ethyl adjacent to an activating group) is 1. The van der Waals surface area contributed by atoms with Crippen molar-refractivity contribution in [1.82, 2.24) is 4.90 Å². The number of carboxylic acid groups (broad SMARTS) is 1. The molecule has 1 unspecified atom stereocenters. The number of ketones is 1. The average molecular weight is 293 g/mol. The first-order valence-corrected chi connectivity index (χ1v) is 6.97. The minimum atomic E-state index is -0.991. The normalized spacial score (nSPS) is 12.4. The lowest BCUT2D eigenvalue weighted by Gasteiger charge is -2.21. The maximum absolute atomic E-state index is 12.5. The number of aryl methyl sites for hydroxylation is 2. The predicted molar refractivity (Wildman–Crippen MR) is 80.6 cm³/mol. The SMILES string of the molecule is Cc1ccc(C(=O)C(CC(=O)O)CN(C)CCO)cc1C. The minimum absolute atomic E-state index is 0.0197. The fourth-order valence-corrected chi connectivity index (χ4v) is 2.22. The number of hydrogen-bond donors (Lipinski definition) is 2. The summed E-state index contributed by atoms with van der Waals surface area (Å²) in [5.74, 6) is -1.76. The molecule has 0 aliphatic heterocycles. The maximum Gasteiger partial charge on any atom is 0.304 e. The summed E-state index contributed by atoms with van der Waals surface area (Å²) in [7, 11) is 1.76. The Bertz CT molecular complexity index is 513. The Morgan fingerprint density at radius 3 is 2.43 bits per heavy atom. The summed E-state index contributed by atoms with van der Waals surface area (Å²) in [5.41, 5.74) is 2.65. The van der Waals surface area contributed by atoms with E-state index < -0.39 is 11.9 Å². The van der Waals surface area contributed by atoms with Gasteiger partial charge in [0.25, 0.3) is 0 Å². The molecule has 0 saturated carbocycles. The third-order valence-corrected chi connectivity index (χ3v) is 3.60. The highest BCUT2D eigenvalue weighted by atomic mass is 16.4. The molecule has 0 aliphatic rings. The van der Waals surface area contributed by atoms with Gasteiger partial charge < -0.3 is 15.1 Å². The van der Waals surface area contributed by atoms with Crippen LogP contribution in [0.15, 0.2) is 18.2 Å². The molecule has 5 nitrogen and oxygen atoms in total. The molecule has 116 valence electrons. The van der Waals surface area contributed by atoms with E-state index in [2.05, 4.69) is 0 Å². The Kier molecular flexibility index (Phi) is 6.52. The number of carbonyl (C=O) groups excluding carboxylic acids is 1. The van der Waals surface area contributed by atoms with Crippen LogP contribution >= 0.6 is 0 Å². The van der Waals surface area contributed by atoms with Gasteiger partial charge in [0, 0.05) is 24.6 Å². The lowest BCUT2D eigenvalue weighted by atomic mass is 9.92. The molecule has 0 aliphatic carbocycles. The van der Waals surface area contributed by atoms with Crippen LogP contribution in [0, 0.1) is 19.8 Å². The largest absolute Gasteiger partial charge is 0.481 e. The van der Waals surface area contributed by atoms with Crippen LogP contribution in [0.25, 0.3) is 0 Å². The molecule has 1 aromatic rings. The van der Waals surface area contributed by atoms with Gasteiger partial charge >= 0.3 is 5.97 Å². The van der Waals surface area contributed by atoms with Gasteiger partial charge in [0.2, 0.25) is 0 Å². The van der Waals surface area contributed by atoms with Gasteiger partial charge in [-0.2, -0.15) is 0 Å². The zero-order valence-electron chi connectivity index (χ0n) is 12.8. The number of hydrogen-bond acceptors (Lipinski definition) is 4. The van der Waals surface area contributed by atoms with Gasteiger partial charge in [-0.3, -0.25) is 9.59 Å². The highest BCUT2D eigenvalue weighted by Gasteiger charge is 2.24. The van der Waals surface area contributed by atoms with E-state index in [1.165, 1.54) is 0 Å². The van der Waals surface area contributed by atoms with Gasteiger partial charge in [-0.1, -0.05) is 12.1 Å². The lowest BCUT2D eigenvalue weighted by Crippen LogP contribution is -2.33. The van der Waals surface area contributed by atoms with E-state index in [1.807, 2.05) is 19.9 Å². The van der Waals surface area contributed by atoms with Gasteiger partial charge in [-0.15, -0.1) is 0 Å². The van der Waals surface area contributed by atoms with E-state index in [0.29, 0.717) is 18.7 Å². The number of aliphatic carboxylic acids is 1. The van der Waals surface area contributed by atoms with Crippen molar-refractivity contribution in [1.29, 1.82) is 0 Å². The number of Topliss-reactive ketones (excluding diaryl/α,β-unsaturated/α-hetero) is 1. The molecule has 0 heterocycles. The Morgan fingerprint density at radius 2 is 1.90 bits per heavy atom. The summed E-state index contributed by atoms with van der Waals surface area (Å²) in [4.78, 5) is 25.3. The van der Waals surface area contributed by atoms with Crippen molar-refractivity contribution in [2.75, 3.05) is 26.7 Å². The molecule has 2 N–H and O–H groups in total. The van der Waals surface area contributed by atoms with Gasteiger partial charge in [-0.25, -0.2) is 0 Å². The average Bonchev–Trinajstić information content (AvgIpc) is 2.40. The van der Waals surface area contributed by atoms with E-state index in [0.717, 1.165) is 11.1 Å². The van der Waals surface area contributed by atoms with Gasteiger partial charge in [0.1, 0.15) is 0 Å². The predicted octanol–water partition coefficient (Wildman–Crippen LogP) is 1.50. The summed E-state index contributed by atoms with van der Waals surface area (Å²) in [6.07, 6.45) is -0.207. The van der Waals surface area contributed by atoms with Crippen LogP contribution in [0.4, 0.5) is 0 Å². The van der Waals surface area contributed by atoms with Crippen LogP contribution in [-0.4, -0.2) is 53.6 Å². The topological polar surface area (TPSA) is 77.8 Å². The second kappa shape index (κ2) is 7.90. The van der Waals surface area contributed by atoms with Gasteiger partial charge in [-0.05, 0) is 38.1 Å². The number of aliphatic hydroxyl groups is 1. The highest BCUT2D eigenvalue weighted by molar-refractivity contribution is 5.99. The standard InChI is InChI=1S/C16H23NO4/c1-11-4-5-13(8-12(11)2)16(21)14(9-15(19)20)10-17(3)6-7-18/h4-5,8,14,18H,6-7,9-10H2,1-3H3,(H,19,20). The van der Waals surface area contributed by atoms with Crippen molar-refractivity contribution < 1.29 is 19.8 Å². The van der Waals surface area contributed by atoms with Crippen molar-refractivity contribution in [3.05, 3.63) is 34.9 Å². The van der Waals surface area contributed by atoms with E-state index in [-0.39, 0.29) is 18.8 Å². The molecule has 1 rings (SSSR count). The molecule has 0 fully saturated rings. The van der Waals surface area contributed by atoms with E-state index in [4.69, 9.17) is 10.2 Å². The lowest BCUT2D eigenvalue weighted by molar-refractivity contribution is -0.137. The first kappa shape index (κ1) is 17.3. The first-order valence-electron chi connectivity index (χ1n) is 6.97. The number of aliphatic hydroxyl groups excluding tert-OH is 1. The summed E-state index contributed by atoms with van der Waals surface area (Å²) < 4.78 is 0. The number of rotatable bonds is 8. The van der Waals surface area contributed by atoms with E-state index in [1.54, 1.807) is 24.1 Å². The molecule has 1 aromatic carbocycles. The molecule has 0 amide bonds. The molecule has 0 radical (unpaired) electrons. The monoisotopic (exact) mass is 293 g/mol. The van der Waals surface area contributed by atoms with E-state index >= 15 is 0 Å². The Labute approximate surface area is 125 Å². The smallest absolute Gasteiger partial charge is 0.304 e. The number of carbonyl (C=O) groups is 2. The van der Waals surface area contributed by atoms with Crippen molar-refractivity contribution >= 4 is 11.8 Å². The maximum atomic E-state index is 12.5. The highest BCUT2D eigenvalue weighted by Crippen LogP contribution is 2.17. The molecular formula is C16H23NO4. The van der Waals surface area contributed by atoms with Crippen LogP contribution in [0.2, 0.25) is 0 Å². The third kappa shape index (κ3) is 5.28. The van der Waals surface area contributed by atoms with Gasteiger partial charge in [0.15, 0.2) is 5.78 Å². The van der Waals surface area contributed by atoms with Crippen LogP contribution in [0.1, 0.15) is 27.9 Å². The molecule has 0 saturated heterocycles. The van der Waals surface area contributed by atoms with Crippen LogP contribution in [0.5, 0.6) is 0 Å². The van der Waals surface area contributed by atoms with Gasteiger partial charge in [0.05, 0.1) is 13.0 Å². The fourth-order valence-electron chi connectivity index (χ4n) is 2.22. The first-order chi connectivity index (χ1) is 9.85. The summed E-state index contributed by atoms with van der Waals surface area (Å²) >= 11 is 0. The Balaban J connectivity index is 2.92. The number of carboxylic acids is 1. The quantitative estimate of drug-likeness (QED) is 0.710. The number of benzene rings is 1. The molecular weight excluding hydrogens is 270 g/mol. The van der Waals surface area contributed by atoms with Crippen LogP contribution in [-0.2, 0) is 4.79 Å². The van der Waals surface area contributed by atoms with Crippen molar-refractivity contribution in [2.45, 2.75) is 20.3 Å². The second-order valence-corrected chi connectivity index (χ2v) is 5.44. The third-order valence-electron chi connectivity index (χ3n) is 3.60. The molecule has 0 aromatic heterocycles. The summed E-state index contributed by atoms with van der Waals surface area (Å²) in [5, 5.41) is 17.9. The van der Waals surface area contributed by atoms with Crippen molar-refractivity contribution in [3.8, 4) is 0 Å². The molecule has 0 spiro atoms. The summed E-state index contributed by atoms with van der Waals surface area (Å²) in [6.45, 7) is 4.60. The zero-order valence-corrected chi connectivity index (χ0v) is 12.8. The summed E-state index contributed by atoms with van der Waals surface area (Å²) in [6, 6.07) is 5.42. The Morgan fingerprint density at radius 1 is 1.24 bits per heavy atom. The molecule has 21 heavy (non-hydrogen) atoms. The van der Waals surface area contributed by atoms with Crippen LogP contribution in [0.3, 0.4) is 0 Å². The Hall–Kier alpha value is -1.72. The van der Waals surface area contributed by atoms with Crippen molar-refractivity contribution in [3.63, 3.8) is 0 Å². The minimum Gasteiger partial charge on any atom is -0.481 e. The molecule has 1 atom stereocenters. The van der Waals surface area contributed by atoms with E-state index in [9.17, 15) is 9.59 Å². The second-order valence-electron chi connectivity index (χ2n) is 5.44. The van der Waals surface area contributed by atoms with Crippen molar-refractivity contribution in [2.24, 2.45) is 5.92 Å². The zero-order chi connectivity index (χ0) is 16.0.